The molecule has 0 aliphatic carbocycles. The fourth-order valence-electron chi connectivity index (χ4n) is 3.00. The van der Waals surface area contributed by atoms with Crippen LogP contribution < -0.4 is 10.6 Å². The van der Waals surface area contributed by atoms with Gasteiger partial charge >= 0.3 is 5.97 Å². The molecule has 28 heavy (non-hydrogen) atoms. The monoisotopic (exact) mass is 403 g/mol. The summed E-state index contributed by atoms with van der Waals surface area (Å²) in [4.78, 5) is 26.6. The summed E-state index contributed by atoms with van der Waals surface area (Å²) < 4.78 is 5.48. The number of nitrogens with zero attached hydrogens (tertiary/aromatic N) is 1. The highest BCUT2D eigenvalue weighted by atomic mass is 32.1. The second-order valence-electron chi connectivity index (χ2n) is 7.35. The fraction of sp³-hybridized carbons (Fsp3) is 0.476. The molecule has 1 aromatic rings. The molecule has 6 nitrogen and oxygen atoms in total. The molecule has 0 saturated heterocycles. The van der Waals surface area contributed by atoms with Crippen LogP contribution in [0.1, 0.15) is 53.1 Å². The van der Waals surface area contributed by atoms with Crippen molar-refractivity contribution in [1.29, 1.82) is 0 Å². The molecule has 1 aliphatic rings. The summed E-state index contributed by atoms with van der Waals surface area (Å²) in [5.41, 5.74) is 2.92. The number of hydrogen-bond acceptors (Lipinski definition) is 4. The summed E-state index contributed by atoms with van der Waals surface area (Å²) in [6.07, 6.45) is -0.217. The number of benzene rings is 1. The predicted molar refractivity (Wildman–Crippen MR) is 115 cm³/mol. The van der Waals surface area contributed by atoms with Crippen LogP contribution in [0.25, 0.3) is 0 Å². The number of carbonyl (C=O) groups excluding carboxylic acids is 2. The van der Waals surface area contributed by atoms with Crippen LogP contribution in [0, 0.1) is 5.92 Å². The third-order valence-electron chi connectivity index (χ3n) is 4.51. The number of allylic oxidation sites excluding steroid dienone is 1. The Hall–Kier alpha value is -2.41. The van der Waals surface area contributed by atoms with Gasteiger partial charge in [-0.05, 0) is 57.6 Å². The quantitative estimate of drug-likeness (QED) is 0.557. The molecule has 1 atom stereocenters. The molecule has 0 spiro atoms. The molecule has 7 heteroatoms. The van der Waals surface area contributed by atoms with E-state index in [0.29, 0.717) is 22.9 Å². The molecule has 2 N–H and O–H groups in total. The molecule has 1 amide bonds. The van der Waals surface area contributed by atoms with Crippen molar-refractivity contribution in [2.45, 2.75) is 53.7 Å². The Bertz CT molecular complexity index is 785. The van der Waals surface area contributed by atoms with E-state index in [1.165, 1.54) is 0 Å². The van der Waals surface area contributed by atoms with Crippen LogP contribution in [0.4, 0.5) is 5.69 Å². The summed E-state index contributed by atoms with van der Waals surface area (Å²) in [7, 11) is 0. The molecular formula is C21H29N3O3S. The first-order valence-corrected chi connectivity index (χ1v) is 9.97. The van der Waals surface area contributed by atoms with Crippen LogP contribution in [-0.4, -0.2) is 34.5 Å². The molecule has 152 valence electrons. The summed E-state index contributed by atoms with van der Waals surface area (Å²) in [6.45, 7) is 11.9. The Morgan fingerprint density at radius 2 is 1.82 bits per heavy atom. The van der Waals surface area contributed by atoms with E-state index < -0.39 is 6.04 Å². The van der Waals surface area contributed by atoms with E-state index in [2.05, 4.69) is 10.6 Å². The van der Waals surface area contributed by atoms with Gasteiger partial charge in [0, 0.05) is 23.8 Å². The molecule has 1 aliphatic heterocycles. The number of anilines is 1. The van der Waals surface area contributed by atoms with Crippen molar-refractivity contribution in [3.63, 3.8) is 0 Å². The standard InChI is InChI=1S/C21H29N3O3S/c1-7-24-14(6)17(20(26)27-13(4)5)18(23-21(24)28)15-8-10-16(11-9-15)22-19(25)12(2)3/h8-13,18H,7H2,1-6H3,(H,22,25)(H,23,28)/t18-/m0/s1. The second-order valence-corrected chi connectivity index (χ2v) is 7.73. The Labute approximate surface area is 172 Å². The van der Waals surface area contributed by atoms with Gasteiger partial charge in [0.25, 0.3) is 0 Å². The maximum Gasteiger partial charge on any atom is 0.338 e. The number of rotatable bonds is 6. The lowest BCUT2D eigenvalue weighted by Gasteiger charge is -2.37. The van der Waals surface area contributed by atoms with Crippen molar-refractivity contribution in [2.75, 3.05) is 11.9 Å². The Kier molecular flexibility index (Phi) is 7.18. The SMILES string of the molecule is CCN1C(=S)N[C@@H](c2ccc(NC(=O)C(C)C)cc2)C(C(=O)OC(C)C)=C1C. The van der Waals surface area contributed by atoms with Crippen LogP contribution >= 0.6 is 12.2 Å². The van der Waals surface area contributed by atoms with Crippen LogP contribution in [-0.2, 0) is 14.3 Å². The highest BCUT2D eigenvalue weighted by molar-refractivity contribution is 7.80. The summed E-state index contributed by atoms with van der Waals surface area (Å²) >= 11 is 5.49. The minimum atomic E-state index is -0.406. The van der Waals surface area contributed by atoms with Crippen molar-refractivity contribution >= 4 is 34.9 Å². The molecule has 2 rings (SSSR count). The van der Waals surface area contributed by atoms with Crippen molar-refractivity contribution in [1.82, 2.24) is 10.2 Å². The van der Waals surface area contributed by atoms with Gasteiger partial charge in [-0.25, -0.2) is 4.79 Å². The molecule has 0 saturated carbocycles. The zero-order chi connectivity index (χ0) is 21.0. The van der Waals surface area contributed by atoms with Crippen LogP contribution in [0.3, 0.4) is 0 Å². The second kappa shape index (κ2) is 9.19. The highest BCUT2D eigenvalue weighted by Crippen LogP contribution is 2.32. The molecule has 0 aromatic heterocycles. The van der Waals surface area contributed by atoms with Crippen LogP contribution in [0.5, 0.6) is 0 Å². The zero-order valence-corrected chi connectivity index (χ0v) is 18.1. The van der Waals surface area contributed by atoms with Crippen LogP contribution in [0.2, 0.25) is 0 Å². The van der Waals surface area contributed by atoms with E-state index in [1.54, 1.807) is 0 Å². The average molecular weight is 404 g/mol. The van der Waals surface area contributed by atoms with Gasteiger partial charge in [-0.2, -0.15) is 0 Å². The van der Waals surface area contributed by atoms with E-state index in [0.717, 1.165) is 11.3 Å². The van der Waals surface area contributed by atoms with Gasteiger partial charge in [0.05, 0.1) is 17.7 Å². The van der Waals surface area contributed by atoms with Gasteiger partial charge in [-0.3, -0.25) is 4.79 Å². The molecule has 0 bridgehead atoms. The lowest BCUT2D eigenvalue weighted by Crippen LogP contribution is -2.47. The summed E-state index contributed by atoms with van der Waals surface area (Å²) in [5, 5.41) is 6.70. The Morgan fingerprint density at radius 3 is 2.32 bits per heavy atom. The molecule has 0 unspecified atom stereocenters. The number of hydrogen-bond donors (Lipinski definition) is 2. The van der Waals surface area contributed by atoms with E-state index in [4.69, 9.17) is 17.0 Å². The first-order valence-electron chi connectivity index (χ1n) is 9.56. The largest absolute Gasteiger partial charge is 0.459 e. The maximum absolute atomic E-state index is 12.8. The summed E-state index contributed by atoms with van der Waals surface area (Å²) in [5.74, 6) is -0.497. The van der Waals surface area contributed by atoms with E-state index in [-0.39, 0.29) is 23.9 Å². The Morgan fingerprint density at radius 1 is 1.21 bits per heavy atom. The number of thiocarbonyl (C=S) groups is 1. The van der Waals surface area contributed by atoms with Gasteiger partial charge in [-0.1, -0.05) is 26.0 Å². The number of nitrogens with one attached hydrogen (secondary N) is 2. The molecule has 1 aromatic carbocycles. The smallest absolute Gasteiger partial charge is 0.338 e. The first kappa shape index (κ1) is 21.9. The Balaban J connectivity index is 2.38. The third-order valence-corrected chi connectivity index (χ3v) is 4.85. The normalized spacial score (nSPS) is 17.1. The third kappa shape index (κ3) is 4.90. The average Bonchev–Trinajstić information content (AvgIpc) is 2.61. The molecular weight excluding hydrogens is 374 g/mol. The number of ether oxygens (including phenoxy) is 1. The number of esters is 1. The molecule has 0 radical (unpaired) electrons. The topological polar surface area (TPSA) is 70.7 Å². The van der Waals surface area contributed by atoms with E-state index in [9.17, 15) is 9.59 Å². The van der Waals surface area contributed by atoms with Crippen LogP contribution in [0.15, 0.2) is 35.5 Å². The van der Waals surface area contributed by atoms with E-state index in [1.807, 2.05) is 70.7 Å². The summed E-state index contributed by atoms with van der Waals surface area (Å²) in [6, 6.07) is 7.01. The van der Waals surface area contributed by atoms with Gasteiger partial charge < -0.3 is 20.3 Å². The molecule has 0 fully saturated rings. The van der Waals surface area contributed by atoms with Gasteiger partial charge in [0.1, 0.15) is 0 Å². The fourth-order valence-corrected chi connectivity index (χ4v) is 3.38. The van der Waals surface area contributed by atoms with E-state index >= 15 is 0 Å². The van der Waals surface area contributed by atoms with Gasteiger partial charge in [0.15, 0.2) is 5.11 Å². The first-order chi connectivity index (χ1) is 13.1. The minimum absolute atomic E-state index is 0.0414. The van der Waals surface area contributed by atoms with Crippen molar-refractivity contribution in [3.05, 3.63) is 41.1 Å². The maximum atomic E-state index is 12.8. The molecule has 1 heterocycles. The predicted octanol–water partition coefficient (Wildman–Crippen LogP) is 3.76. The van der Waals surface area contributed by atoms with Gasteiger partial charge in [0.2, 0.25) is 5.91 Å². The van der Waals surface area contributed by atoms with Crippen molar-refractivity contribution in [3.8, 4) is 0 Å². The number of carbonyl (C=O) groups is 2. The lowest BCUT2D eigenvalue weighted by molar-refractivity contribution is -0.143. The highest BCUT2D eigenvalue weighted by Gasteiger charge is 2.34. The van der Waals surface area contributed by atoms with Gasteiger partial charge in [-0.15, -0.1) is 0 Å². The zero-order valence-electron chi connectivity index (χ0n) is 17.3. The lowest BCUT2D eigenvalue weighted by atomic mass is 9.94. The van der Waals surface area contributed by atoms with Crippen molar-refractivity contribution in [2.24, 2.45) is 5.92 Å². The minimum Gasteiger partial charge on any atom is -0.459 e. The number of amides is 1. The van der Waals surface area contributed by atoms with Crippen molar-refractivity contribution < 1.29 is 14.3 Å².